The van der Waals surface area contributed by atoms with Crippen molar-refractivity contribution < 1.29 is 13.9 Å². The number of aromatic nitrogens is 1. The summed E-state index contributed by atoms with van der Waals surface area (Å²) in [4.78, 5) is 15.8. The fourth-order valence-electron chi connectivity index (χ4n) is 1.51. The lowest BCUT2D eigenvalue weighted by molar-refractivity contribution is -0.147. The lowest BCUT2D eigenvalue weighted by Crippen LogP contribution is -2.54. The SMILES string of the molecule is COC(=O)C(C)(CSc1ncco1)NC(C)C. The normalized spacial score (nSPS) is 14.6. The van der Waals surface area contributed by atoms with E-state index in [0.29, 0.717) is 11.0 Å². The Morgan fingerprint density at radius 3 is 2.88 bits per heavy atom. The van der Waals surface area contributed by atoms with Gasteiger partial charge in [-0.25, -0.2) is 4.98 Å². The van der Waals surface area contributed by atoms with E-state index >= 15 is 0 Å². The molecule has 1 heterocycles. The summed E-state index contributed by atoms with van der Waals surface area (Å²) >= 11 is 1.38. The number of oxazole rings is 1. The fraction of sp³-hybridized carbons (Fsp3) is 0.636. The van der Waals surface area contributed by atoms with Crippen LogP contribution in [-0.2, 0) is 9.53 Å². The van der Waals surface area contributed by atoms with Gasteiger partial charge in [0.2, 0.25) is 0 Å². The summed E-state index contributed by atoms with van der Waals surface area (Å²) in [6.45, 7) is 5.78. The average Bonchev–Trinajstić information content (AvgIpc) is 2.77. The Morgan fingerprint density at radius 1 is 1.71 bits per heavy atom. The molecule has 0 aliphatic rings. The third-order valence-electron chi connectivity index (χ3n) is 2.14. The molecule has 0 fully saturated rings. The van der Waals surface area contributed by atoms with Gasteiger partial charge in [0.05, 0.1) is 13.3 Å². The number of carbonyl (C=O) groups excluding carboxylic acids is 1. The first-order valence-electron chi connectivity index (χ1n) is 5.36. The van der Waals surface area contributed by atoms with Gasteiger partial charge in [-0.1, -0.05) is 11.8 Å². The first-order valence-corrected chi connectivity index (χ1v) is 6.35. The van der Waals surface area contributed by atoms with Crippen LogP contribution in [0, 0.1) is 0 Å². The van der Waals surface area contributed by atoms with Crippen LogP contribution >= 0.6 is 11.8 Å². The van der Waals surface area contributed by atoms with Gasteiger partial charge in [0.15, 0.2) is 0 Å². The molecule has 1 aromatic rings. The van der Waals surface area contributed by atoms with Gasteiger partial charge in [-0.05, 0) is 20.8 Å². The van der Waals surface area contributed by atoms with E-state index < -0.39 is 5.54 Å². The zero-order valence-electron chi connectivity index (χ0n) is 10.5. The minimum absolute atomic E-state index is 0.185. The van der Waals surface area contributed by atoms with Crippen LogP contribution in [0.3, 0.4) is 0 Å². The number of esters is 1. The van der Waals surface area contributed by atoms with Crippen LogP contribution in [0.2, 0.25) is 0 Å². The molecule has 1 aromatic heterocycles. The van der Waals surface area contributed by atoms with E-state index in [4.69, 9.17) is 9.15 Å². The molecule has 0 bridgehead atoms. The molecule has 0 radical (unpaired) electrons. The fourth-order valence-corrected chi connectivity index (χ4v) is 2.38. The van der Waals surface area contributed by atoms with Crippen LogP contribution in [0.1, 0.15) is 20.8 Å². The van der Waals surface area contributed by atoms with E-state index in [0.717, 1.165) is 0 Å². The zero-order chi connectivity index (χ0) is 12.9. The van der Waals surface area contributed by atoms with E-state index in [9.17, 15) is 4.79 Å². The van der Waals surface area contributed by atoms with Crippen molar-refractivity contribution in [3.8, 4) is 0 Å². The van der Waals surface area contributed by atoms with Crippen molar-refractivity contribution >= 4 is 17.7 Å². The Labute approximate surface area is 105 Å². The molecule has 6 heteroatoms. The molecule has 1 unspecified atom stereocenters. The second-order valence-electron chi connectivity index (χ2n) is 4.21. The first kappa shape index (κ1) is 14.1. The summed E-state index contributed by atoms with van der Waals surface area (Å²) in [5.74, 6) is 0.212. The lowest BCUT2D eigenvalue weighted by Gasteiger charge is -2.29. The molecule has 0 saturated carbocycles. The van der Waals surface area contributed by atoms with Gasteiger partial charge in [-0.3, -0.25) is 10.1 Å². The first-order chi connectivity index (χ1) is 7.98. The van der Waals surface area contributed by atoms with E-state index in [2.05, 4.69) is 10.3 Å². The van der Waals surface area contributed by atoms with Gasteiger partial charge >= 0.3 is 5.97 Å². The van der Waals surface area contributed by atoms with Crippen LogP contribution in [0.4, 0.5) is 0 Å². The number of thioether (sulfide) groups is 1. The second kappa shape index (κ2) is 6.07. The van der Waals surface area contributed by atoms with Gasteiger partial charge in [0.1, 0.15) is 11.8 Å². The Bertz CT molecular complexity index is 354. The average molecular weight is 258 g/mol. The molecule has 0 aliphatic carbocycles. The van der Waals surface area contributed by atoms with E-state index in [1.807, 2.05) is 20.8 Å². The lowest BCUT2D eigenvalue weighted by atomic mass is 10.0. The number of ether oxygens (including phenoxy) is 1. The number of carbonyl (C=O) groups is 1. The molecule has 0 saturated heterocycles. The highest BCUT2D eigenvalue weighted by Gasteiger charge is 2.35. The minimum atomic E-state index is -0.748. The zero-order valence-corrected chi connectivity index (χ0v) is 11.3. The van der Waals surface area contributed by atoms with Gasteiger partial charge in [0.25, 0.3) is 5.22 Å². The van der Waals surface area contributed by atoms with Crippen LogP contribution in [0.5, 0.6) is 0 Å². The largest absolute Gasteiger partial charge is 0.468 e. The quantitative estimate of drug-likeness (QED) is 0.619. The maximum Gasteiger partial charge on any atom is 0.326 e. The highest BCUT2D eigenvalue weighted by molar-refractivity contribution is 7.99. The van der Waals surface area contributed by atoms with Crippen LogP contribution in [-0.4, -0.2) is 35.4 Å². The van der Waals surface area contributed by atoms with Crippen molar-refractivity contribution in [2.75, 3.05) is 12.9 Å². The standard InChI is InChI=1S/C11H18N2O3S/c1-8(2)13-11(3,9(14)15-4)7-17-10-12-5-6-16-10/h5-6,8,13H,7H2,1-4H3. The summed E-state index contributed by atoms with van der Waals surface area (Å²) in [7, 11) is 1.39. The topological polar surface area (TPSA) is 64.4 Å². The maximum atomic E-state index is 11.8. The van der Waals surface area contributed by atoms with Gasteiger partial charge in [-0.15, -0.1) is 0 Å². The molecular formula is C11H18N2O3S. The van der Waals surface area contributed by atoms with Crippen molar-refractivity contribution in [1.29, 1.82) is 0 Å². The molecule has 0 aliphatic heterocycles. The number of hydrogen-bond acceptors (Lipinski definition) is 6. The molecule has 0 amide bonds. The summed E-state index contributed by atoms with van der Waals surface area (Å²) in [5, 5.41) is 3.75. The monoisotopic (exact) mass is 258 g/mol. The summed E-state index contributed by atoms with van der Waals surface area (Å²) < 4.78 is 9.94. The number of rotatable bonds is 6. The molecule has 1 N–H and O–H groups in total. The number of hydrogen-bond donors (Lipinski definition) is 1. The maximum absolute atomic E-state index is 11.8. The smallest absolute Gasteiger partial charge is 0.326 e. The van der Waals surface area contributed by atoms with Gasteiger partial charge in [0, 0.05) is 11.8 Å². The predicted octanol–water partition coefficient (Wildman–Crippen LogP) is 1.70. The van der Waals surface area contributed by atoms with Crippen molar-refractivity contribution in [3.05, 3.63) is 12.5 Å². The summed E-state index contributed by atoms with van der Waals surface area (Å²) in [5.41, 5.74) is -0.748. The van der Waals surface area contributed by atoms with Gasteiger partial charge in [-0.2, -0.15) is 0 Å². The Kier molecular flexibility index (Phi) is 5.02. The molecule has 1 atom stereocenters. The highest BCUT2D eigenvalue weighted by atomic mass is 32.2. The molecule has 17 heavy (non-hydrogen) atoms. The molecule has 96 valence electrons. The van der Waals surface area contributed by atoms with Crippen LogP contribution in [0.25, 0.3) is 0 Å². The predicted molar refractivity (Wildman–Crippen MR) is 65.9 cm³/mol. The molecule has 0 aromatic carbocycles. The third kappa shape index (κ3) is 4.05. The van der Waals surface area contributed by atoms with E-state index in [-0.39, 0.29) is 12.0 Å². The summed E-state index contributed by atoms with van der Waals surface area (Å²) in [6.07, 6.45) is 3.08. The van der Waals surface area contributed by atoms with Crippen molar-refractivity contribution in [2.24, 2.45) is 0 Å². The van der Waals surface area contributed by atoms with E-state index in [1.165, 1.54) is 25.1 Å². The molecule has 1 rings (SSSR count). The highest BCUT2D eigenvalue weighted by Crippen LogP contribution is 2.22. The number of nitrogens with one attached hydrogen (secondary N) is 1. The van der Waals surface area contributed by atoms with Crippen molar-refractivity contribution in [2.45, 2.75) is 37.6 Å². The minimum Gasteiger partial charge on any atom is -0.468 e. The van der Waals surface area contributed by atoms with Crippen LogP contribution in [0.15, 0.2) is 22.1 Å². The summed E-state index contributed by atoms with van der Waals surface area (Å²) in [6, 6.07) is 0.185. The van der Waals surface area contributed by atoms with Crippen LogP contribution < -0.4 is 5.32 Å². The Balaban J connectivity index is 2.66. The van der Waals surface area contributed by atoms with Crippen molar-refractivity contribution in [1.82, 2.24) is 10.3 Å². The number of nitrogens with zero attached hydrogens (tertiary/aromatic N) is 1. The molecule has 5 nitrogen and oxygen atoms in total. The molecular weight excluding hydrogens is 240 g/mol. The van der Waals surface area contributed by atoms with E-state index in [1.54, 1.807) is 6.20 Å². The molecule has 0 spiro atoms. The van der Waals surface area contributed by atoms with Gasteiger partial charge < -0.3 is 9.15 Å². The third-order valence-corrected chi connectivity index (χ3v) is 3.31. The van der Waals surface area contributed by atoms with Crippen molar-refractivity contribution in [3.63, 3.8) is 0 Å². The Hall–Kier alpha value is -1.01. The second-order valence-corrected chi connectivity index (χ2v) is 5.14. The Morgan fingerprint density at radius 2 is 2.41 bits per heavy atom. The number of methoxy groups -OCH3 is 1.